The van der Waals surface area contributed by atoms with Gasteiger partial charge in [0.15, 0.2) is 0 Å². The molecule has 0 saturated heterocycles. The maximum atomic E-state index is 12.2. The Labute approximate surface area is 116 Å². The number of carbonyl (C=O) groups is 1. The van der Waals surface area contributed by atoms with Gasteiger partial charge in [-0.1, -0.05) is 12.1 Å². The van der Waals surface area contributed by atoms with Gasteiger partial charge in [-0.2, -0.15) is 4.98 Å². The lowest BCUT2D eigenvalue weighted by atomic mass is 9.86. The van der Waals surface area contributed by atoms with Gasteiger partial charge in [0.05, 0.1) is 5.41 Å². The highest BCUT2D eigenvalue weighted by molar-refractivity contribution is 6.27. The molecular formula is C14H13ClN2O2. The van der Waals surface area contributed by atoms with Gasteiger partial charge in [-0.05, 0) is 37.1 Å². The van der Waals surface area contributed by atoms with Crippen LogP contribution < -0.4 is 4.90 Å². The number of hydrogen-bond donors (Lipinski definition) is 0. The van der Waals surface area contributed by atoms with Gasteiger partial charge in [-0.3, -0.25) is 4.79 Å². The van der Waals surface area contributed by atoms with Crippen molar-refractivity contribution in [2.75, 3.05) is 11.9 Å². The van der Waals surface area contributed by atoms with Crippen LogP contribution >= 0.6 is 11.6 Å². The van der Waals surface area contributed by atoms with Crippen molar-refractivity contribution in [3.05, 3.63) is 35.4 Å². The van der Waals surface area contributed by atoms with Crippen molar-refractivity contribution in [2.45, 2.75) is 19.3 Å². The molecular weight excluding hydrogens is 264 g/mol. The van der Waals surface area contributed by atoms with Crippen molar-refractivity contribution in [3.63, 3.8) is 0 Å². The van der Waals surface area contributed by atoms with Crippen LogP contribution in [0.5, 0.6) is 0 Å². The molecule has 19 heavy (non-hydrogen) atoms. The Balaban J connectivity index is 2.14. The van der Waals surface area contributed by atoms with Crippen LogP contribution in [0.4, 0.5) is 5.69 Å². The highest BCUT2D eigenvalue weighted by Crippen LogP contribution is 2.42. The van der Waals surface area contributed by atoms with E-state index in [0.29, 0.717) is 5.69 Å². The number of aromatic nitrogens is 1. The monoisotopic (exact) mass is 276 g/mol. The Morgan fingerprint density at radius 3 is 2.74 bits per heavy atom. The summed E-state index contributed by atoms with van der Waals surface area (Å²) in [5, 5.41) is 0.111. The third-order valence-corrected chi connectivity index (χ3v) is 3.82. The maximum absolute atomic E-state index is 12.2. The Kier molecular flexibility index (Phi) is 2.47. The van der Waals surface area contributed by atoms with E-state index in [1.165, 1.54) is 6.26 Å². The quantitative estimate of drug-likeness (QED) is 0.803. The largest absolute Gasteiger partial charge is 0.436 e. The van der Waals surface area contributed by atoms with Crippen molar-refractivity contribution in [2.24, 2.45) is 0 Å². The number of amides is 1. The molecule has 1 amide bonds. The molecule has 0 fully saturated rings. The average molecular weight is 277 g/mol. The second-order valence-electron chi connectivity index (χ2n) is 5.21. The van der Waals surface area contributed by atoms with E-state index in [1.807, 2.05) is 32.0 Å². The summed E-state index contributed by atoms with van der Waals surface area (Å²) in [7, 11) is 1.79. The zero-order chi connectivity index (χ0) is 13.8. The molecule has 98 valence electrons. The molecule has 4 nitrogen and oxygen atoms in total. The summed E-state index contributed by atoms with van der Waals surface area (Å²) in [4.78, 5) is 18.0. The molecule has 3 rings (SSSR count). The molecule has 0 saturated carbocycles. The molecule has 0 unspecified atom stereocenters. The van der Waals surface area contributed by atoms with Gasteiger partial charge in [-0.25, -0.2) is 0 Å². The molecule has 1 aromatic heterocycles. The Morgan fingerprint density at radius 1 is 1.37 bits per heavy atom. The van der Waals surface area contributed by atoms with E-state index in [9.17, 15) is 4.79 Å². The van der Waals surface area contributed by atoms with E-state index in [1.54, 1.807) is 11.9 Å². The van der Waals surface area contributed by atoms with Gasteiger partial charge in [0, 0.05) is 18.3 Å². The second-order valence-corrected chi connectivity index (χ2v) is 5.53. The normalized spacial score (nSPS) is 16.8. The second kappa shape index (κ2) is 3.84. The summed E-state index contributed by atoms with van der Waals surface area (Å²) in [6.45, 7) is 3.87. The van der Waals surface area contributed by atoms with Crippen LogP contribution in [0.15, 0.2) is 28.9 Å². The molecule has 1 aromatic carbocycles. The van der Waals surface area contributed by atoms with E-state index < -0.39 is 5.41 Å². The van der Waals surface area contributed by atoms with Crippen LogP contribution in [0, 0.1) is 0 Å². The summed E-state index contributed by atoms with van der Waals surface area (Å²) >= 11 is 5.68. The van der Waals surface area contributed by atoms with Crippen LogP contribution in [0.1, 0.15) is 19.4 Å². The van der Waals surface area contributed by atoms with Gasteiger partial charge in [-0.15, -0.1) is 0 Å². The SMILES string of the molecule is CN1C(=O)C(C)(C)c2ccc(-c3coc(Cl)n3)cc21. The highest BCUT2D eigenvalue weighted by Gasteiger charge is 2.42. The van der Waals surface area contributed by atoms with E-state index in [2.05, 4.69) is 4.98 Å². The fourth-order valence-electron chi connectivity index (χ4n) is 2.53. The van der Waals surface area contributed by atoms with Crippen LogP contribution in [0.2, 0.25) is 5.35 Å². The number of halogens is 1. The lowest BCUT2D eigenvalue weighted by Gasteiger charge is -2.16. The molecule has 5 heteroatoms. The summed E-state index contributed by atoms with van der Waals surface area (Å²) in [6.07, 6.45) is 1.51. The maximum Gasteiger partial charge on any atom is 0.292 e. The van der Waals surface area contributed by atoms with Gasteiger partial charge in [0.2, 0.25) is 5.91 Å². The molecule has 0 atom stereocenters. The first kappa shape index (κ1) is 12.2. The van der Waals surface area contributed by atoms with E-state index in [-0.39, 0.29) is 11.3 Å². The number of likely N-dealkylation sites (N-methyl/N-ethyl adjacent to an activating group) is 1. The number of nitrogens with zero attached hydrogens (tertiary/aromatic N) is 2. The van der Waals surface area contributed by atoms with Crippen molar-refractivity contribution in [1.82, 2.24) is 4.98 Å². The number of carbonyl (C=O) groups excluding carboxylic acids is 1. The Morgan fingerprint density at radius 2 is 2.11 bits per heavy atom. The van der Waals surface area contributed by atoms with Gasteiger partial charge in [0.25, 0.3) is 5.35 Å². The van der Waals surface area contributed by atoms with Crippen LogP contribution in [0.3, 0.4) is 0 Å². The first-order valence-electron chi connectivity index (χ1n) is 5.95. The first-order valence-corrected chi connectivity index (χ1v) is 6.33. The molecule has 0 aliphatic carbocycles. The number of rotatable bonds is 1. The fourth-order valence-corrected chi connectivity index (χ4v) is 2.66. The standard InChI is InChI=1S/C14H13ClN2O2/c1-14(2)9-5-4-8(10-7-19-13(15)16-10)6-11(9)17(3)12(14)18/h4-7H,1-3H3. The molecule has 0 bridgehead atoms. The first-order chi connectivity index (χ1) is 8.91. The molecule has 2 heterocycles. The van der Waals surface area contributed by atoms with Crippen molar-refractivity contribution >= 4 is 23.2 Å². The molecule has 0 N–H and O–H groups in total. The lowest BCUT2D eigenvalue weighted by molar-refractivity contribution is -0.121. The number of hydrogen-bond acceptors (Lipinski definition) is 3. The number of fused-ring (bicyclic) bond motifs is 1. The zero-order valence-electron chi connectivity index (χ0n) is 10.9. The van der Waals surface area contributed by atoms with Gasteiger partial charge in [0.1, 0.15) is 12.0 Å². The third-order valence-electron chi connectivity index (χ3n) is 3.64. The minimum Gasteiger partial charge on any atom is -0.436 e. The van der Waals surface area contributed by atoms with Crippen molar-refractivity contribution in [1.29, 1.82) is 0 Å². The van der Waals surface area contributed by atoms with Crippen LogP contribution in [-0.4, -0.2) is 17.9 Å². The minimum atomic E-state index is -0.482. The smallest absolute Gasteiger partial charge is 0.292 e. The molecule has 0 spiro atoms. The van der Waals surface area contributed by atoms with Gasteiger partial charge >= 0.3 is 0 Å². The van der Waals surface area contributed by atoms with E-state index in [4.69, 9.17) is 16.0 Å². The highest BCUT2D eigenvalue weighted by atomic mass is 35.5. The predicted octanol–water partition coefficient (Wildman–Crippen LogP) is 3.25. The number of benzene rings is 1. The predicted molar refractivity (Wildman–Crippen MR) is 73.4 cm³/mol. The summed E-state index contributed by atoms with van der Waals surface area (Å²) in [6, 6.07) is 5.84. The van der Waals surface area contributed by atoms with Gasteiger partial charge < -0.3 is 9.32 Å². The molecule has 1 aliphatic rings. The summed E-state index contributed by atoms with van der Waals surface area (Å²) < 4.78 is 5.00. The lowest BCUT2D eigenvalue weighted by Crippen LogP contribution is -2.33. The van der Waals surface area contributed by atoms with Crippen molar-refractivity contribution in [3.8, 4) is 11.3 Å². The van der Waals surface area contributed by atoms with Crippen molar-refractivity contribution < 1.29 is 9.21 Å². The Hall–Kier alpha value is -1.81. The number of oxazole rings is 1. The molecule has 2 aromatic rings. The number of anilines is 1. The van der Waals surface area contributed by atoms with Crippen LogP contribution in [0.25, 0.3) is 11.3 Å². The molecule has 0 radical (unpaired) electrons. The fraction of sp³-hybridized carbons (Fsp3) is 0.286. The summed E-state index contributed by atoms with van der Waals surface area (Å²) in [5.74, 6) is 0.0952. The third kappa shape index (κ3) is 1.67. The Bertz CT molecular complexity index is 676. The van der Waals surface area contributed by atoms with E-state index in [0.717, 1.165) is 16.8 Å². The summed E-state index contributed by atoms with van der Waals surface area (Å²) in [5.41, 5.74) is 3.00. The average Bonchev–Trinajstić information content (AvgIpc) is 2.88. The van der Waals surface area contributed by atoms with Crippen LogP contribution in [-0.2, 0) is 10.2 Å². The van der Waals surface area contributed by atoms with E-state index >= 15 is 0 Å². The zero-order valence-corrected chi connectivity index (χ0v) is 11.7. The molecule has 1 aliphatic heterocycles. The minimum absolute atomic E-state index is 0.0952. The topological polar surface area (TPSA) is 46.3 Å².